The first kappa shape index (κ1) is 18.0. The lowest BCUT2D eigenvalue weighted by atomic mass is 10.2. The molecule has 3 N–H and O–H groups in total. The molecular weight excluding hydrogens is 357 g/mol. The smallest absolute Gasteiger partial charge is 0.225 e. The van der Waals surface area contributed by atoms with Gasteiger partial charge in [0.25, 0.3) is 0 Å². The molecule has 0 radical (unpaired) electrons. The Morgan fingerprint density at radius 3 is 2.73 bits per heavy atom. The molecule has 0 fully saturated rings. The SMILES string of the molecule is CNCCC(=O)Nc1ccc2ncnc(Nc3ccc(F)c(Cl)c3)c2c1. The van der Waals surface area contributed by atoms with Crippen molar-refractivity contribution in [3.8, 4) is 0 Å². The lowest BCUT2D eigenvalue weighted by Crippen LogP contribution is -2.18. The van der Waals surface area contributed by atoms with E-state index in [1.807, 2.05) is 0 Å². The van der Waals surface area contributed by atoms with Gasteiger partial charge in [-0.2, -0.15) is 0 Å². The van der Waals surface area contributed by atoms with Crippen LogP contribution in [0.5, 0.6) is 0 Å². The minimum absolute atomic E-state index is 0.0193. The highest BCUT2D eigenvalue weighted by molar-refractivity contribution is 6.31. The molecule has 3 aromatic rings. The molecule has 0 aliphatic heterocycles. The maximum Gasteiger partial charge on any atom is 0.225 e. The van der Waals surface area contributed by atoms with Gasteiger partial charge in [-0.05, 0) is 43.4 Å². The lowest BCUT2D eigenvalue weighted by molar-refractivity contribution is -0.116. The molecule has 0 bridgehead atoms. The molecule has 8 heteroatoms. The van der Waals surface area contributed by atoms with Gasteiger partial charge in [-0.3, -0.25) is 4.79 Å². The number of benzene rings is 2. The summed E-state index contributed by atoms with van der Waals surface area (Å²) in [4.78, 5) is 20.4. The Hall–Kier alpha value is -2.77. The van der Waals surface area contributed by atoms with Crippen LogP contribution in [-0.2, 0) is 4.79 Å². The summed E-state index contributed by atoms with van der Waals surface area (Å²) in [5.74, 6) is -0.0456. The second-order valence-electron chi connectivity index (χ2n) is 5.61. The van der Waals surface area contributed by atoms with E-state index in [-0.39, 0.29) is 10.9 Å². The van der Waals surface area contributed by atoms with Crippen molar-refractivity contribution in [1.29, 1.82) is 0 Å². The van der Waals surface area contributed by atoms with Gasteiger partial charge < -0.3 is 16.0 Å². The van der Waals surface area contributed by atoms with Crippen LogP contribution in [0, 0.1) is 5.82 Å². The molecule has 3 rings (SSSR count). The number of hydrogen-bond acceptors (Lipinski definition) is 5. The fourth-order valence-electron chi connectivity index (χ4n) is 2.41. The second-order valence-corrected chi connectivity index (χ2v) is 6.02. The van der Waals surface area contributed by atoms with Gasteiger partial charge in [0, 0.05) is 29.7 Å². The topological polar surface area (TPSA) is 78.9 Å². The van der Waals surface area contributed by atoms with Crippen LogP contribution in [0.2, 0.25) is 5.02 Å². The molecule has 1 amide bonds. The Kier molecular flexibility index (Phi) is 5.60. The van der Waals surface area contributed by atoms with Crippen molar-refractivity contribution in [2.75, 3.05) is 24.2 Å². The van der Waals surface area contributed by atoms with Crippen molar-refractivity contribution in [2.24, 2.45) is 0 Å². The Morgan fingerprint density at radius 2 is 1.96 bits per heavy atom. The van der Waals surface area contributed by atoms with Crippen LogP contribution in [0.15, 0.2) is 42.7 Å². The maximum atomic E-state index is 13.3. The molecule has 26 heavy (non-hydrogen) atoms. The van der Waals surface area contributed by atoms with Gasteiger partial charge in [0.05, 0.1) is 10.5 Å². The van der Waals surface area contributed by atoms with Gasteiger partial charge in [0.1, 0.15) is 18.0 Å². The van der Waals surface area contributed by atoms with Crippen molar-refractivity contribution >= 4 is 45.6 Å². The number of anilines is 3. The fraction of sp³-hybridized carbons (Fsp3) is 0.167. The quantitative estimate of drug-likeness (QED) is 0.613. The van der Waals surface area contributed by atoms with Gasteiger partial charge in [-0.1, -0.05) is 11.6 Å². The number of nitrogens with zero attached hydrogens (tertiary/aromatic N) is 2. The molecule has 134 valence electrons. The molecule has 0 spiro atoms. The van der Waals surface area contributed by atoms with E-state index in [2.05, 4.69) is 25.9 Å². The highest BCUT2D eigenvalue weighted by Crippen LogP contribution is 2.27. The molecule has 0 saturated heterocycles. The predicted octanol–water partition coefficient (Wildman–Crippen LogP) is 3.71. The summed E-state index contributed by atoms with van der Waals surface area (Å²) in [6.45, 7) is 0.598. The zero-order chi connectivity index (χ0) is 18.5. The monoisotopic (exact) mass is 373 g/mol. The summed E-state index contributed by atoms with van der Waals surface area (Å²) in [6.07, 6.45) is 1.81. The molecule has 1 aromatic heterocycles. The Balaban J connectivity index is 1.88. The number of carbonyl (C=O) groups is 1. The Labute approximate surface area is 154 Å². The largest absolute Gasteiger partial charge is 0.340 e. The van der Waals surface area contributed by atoms with Crippen LogP contribution >= 0.6 is 11.6 Å². The summed E-state index contributed by atoms with van der Waals surface area (Å²) >= 11 is 5.82. The summed E-state index contributed by atoms with van der Waals surface area (Å²) < 4.78 is 13.3. The van der Waals surface area contributed by atoms with Gasteiger partial charge >= 0.3 is 0 Å². The number of aromatic nitrogens is 2. The predicted molar refractivity (Wildman–Crippen MR) is 101 cm³/mol. The highest BCUT2D eigenvalue weighted by Gasteiger charge is 2.09. The highest BCUT2D eigenvalue weighted by atomic mass is 35.5. The Morgan fingerprint density at radius 1 is 1.15 bits per heavy atom. The first-order valence-electron chi connectivity index (χ1n) is 7.98. The number of hydrogen-bond donors (Lipinski definition) is 3. The molecular formula is C18H17ClFN5O. The zero-order valence-corrected chi connectivity index (χ0v) is 14.8. The van der Waals surface area contributed by atoms with Crippen LogP contribution in [-0.4, -0.2) is 29.5 Å². The Bertz CT molecular complexity index is 950. The van der Waals surface area contributed by atoms with E-state index in [0.29, 0.717) is 35.7 Å². The van der Waals surface area contributed by atoms with E-state index in [1.54, 1.807) is 31.3 Å². The van der Waals surface area contributed by atoms with Gasteiger partial charge in [0.15, 0.2) is 0 Å². The molecule has 0 aliphatic rings. The second kappa shape index (κ2) is 8.07. The minimum atomic E-state index is -0.490. The van der Waals surface area contributed by atoms with Gasteiger partial charge in [0.2, 0.25) is 5.91 Å². The average molecular weight is 374 g/mol. The summed E-state index contributed by atoms with van der Waals surface area (Å²) in [5, 5.41) is 9.62. The van der Waals surface area contributed by atoms with Crippen molar-refractivity contribution in [2.45, 2.75) is 6.42 Å². The normalized spacial score (nSPS) is 10.7. The third-order valence-corrected chi connectivity index (χ3v) is 3.99. The number of carbonyl (C=O) groups excluding carboxylic acids is 1. The average Bonchev–Trinajstić information content (AvgIpc) is 2.63. The standard InChI is InChI=1S/C18H17ClFN5O/c1-21-7-6-17(26)24-11-3-5-16-13(8-11)18(23-10-22-16)25-12-2-4-15(20)14(19)9-12/h2-5,8-10,21H,6-7H2,1H3,(H,24,26)(H,22,23,25). The van der Waals surface area contributed by atoms with E-state index in [1.165, 1.54) is 18.5 Å². The van der Waals surface area contributed by atoms with E-state index in [9.17, 15) is 9.18 Å². The fourth-order valence-corrected chi connectivity index (χ4v) is 2.59. The van der Waals surface area contributed by atoms with E-state index in [4.69, 9.17) is 11.6 Å². The lowest BCUT2D eigenvalue weighted by Gasteiger charge is -2.11. The summed E-state index contributed by atoms with van der Waals surface area (Å²) in [5.41, 5.74) is 1.96. The van der Waals surface area contributed by atoms with Crippen LogP contribution in [0.4, 0.5) is 21.6 Å². The third kappa shape index (κ3) is 4.25. The van der Waals surface area contributed by atoms with Crippen LogP contribution in [0.1, 0.15) is 6.42 Å². The first-order chi connectivity index (χ1) is 12.6. The zero-order valence-electron chi connectivity index (χ0n) is 14.0. The molecule has 6 nitrogen and oxygen atoms in total. The van der Waals surface area contributed by atoms with Crippen molar-refractivity contribution in [3.63, 3.8) is 0 Å². The minimum Gasteiger partial charge on any atom is -0.340 e. The van der Waals surface area contributed by atoms with E-state index >= 15 is 0 Å². The number of rotatable bonds is 6. The molecule has 2 aromatic carbocycles. The molecule has 0 aliphatic carbocycles. The van der Waals surface area contributed by atoms with Crippen molar-refractivity contribution < 1.29 is 9.18 Å². The van der Waals surface area contributed by atoms with Gasteiger partial charge in [-0.25, -0.2) is 14.4 Å². The van der Waals surface area contributed by atoms with Crippen LogP contribution in [0.25, 0.3) is 10.9 Å². The van der Waals surface area contributed by atoms with Gasteiger partial charge in [-0.15, -0.1) is 0 Å². The third-order valence-electron chi connectivity index (χ3n) is 3.70. The number of fused-ring (bicyclic) bond motifs is 1. The van der Waals surface area contributed by atoms with Crippen molar-refractivity contribution in [3.05, 3.63) is 53.6 Å². The molecule has 0 atom stereocenters. The number of amides is 1. The molecule has 1 heterocycles. The number of halogens is 2. The van der Waals surface area contributed by atoms with Crippen LogP contribution < -0.4 is 16.0 Å². The van der Waals surface area contributed by atoms with E-state index in [0.717, 1.165) is 5.39 Å². The maximum absolute atomic E-state index is 13.3. The summed E-state index contributed by atoms with van der Waals surface area (Å²) in [7, 11) is 1.79. The van der Waals surface area contributed by atoms with Crippen molar-refractivity contribution in [1.82, 2.24) is 15.3 Å². The molecule has 0 saturated carbocycles. The summed E-state index contributed by atoms with van der Waals surface area (Å²) in [6, 6.07) is 9.70. The molecule has 0 unspecified atom stereocenters. The first-order valence-corrected chi connectivity index (χ1v) is 8.36. The van der Waals surface area contributed by atoms with Crippen LogP contribution in [0.3, 0.4) is 0 Å². The van der Waals surface area contributed by atoms with E-state index < -0.39 is 5.82 Å². The number of nitrogens with one attached hydrogen (secondary N) is 3.